The van der Waals surface area contributed by atoms with Crippen LogP contribution >= 0.6 is 23.2 Å². The molecule has 138 valence electrons. The van der Waals surface area contributed by atoms with Crippen molar-refractivity contribution in [3.05, 3.63) is 76.4 Å². The minimum absolute atomic E-state index is 0.175. The molecule has 0 spiro atoms. The summed E-state index contributed by atoms with van der Waals surface area (Å²) in [4.78, 5) is 16.5. The van der Waals surface area contributed by atoms with E-state index in [0.717, 1.165) is 11.3 Å². The second-order valence-corrected chi connectivity index (χ2v) is 6.46. The Morgan fingerprint density at radius 1 is 1.11 bits per heavy atom. The summed E-state index contributed by atoms with van der Waals surface area (Å²) in [5.41, 5.74) is 1.39. The smallest absolute Gasteiger partial charge is 0.238 e. The highest BCUT2D eigenvalue weighted by molar-refractivity contribution is 6.35. The van der Waals surface area contributed by atoms with Crippen LogP contribution in [0.3, 0.4) is 0 Å². The summed E-state index contributed by atoms with van der Waals surface area (Å²) in [5.74, 6) is 1.20. The zero-order valence-electron chi connectivity index (χ0n) is 14.4. The first-order valence-electron chi connectivity index (χ1n) is 8.06. The number of para-hydroxylation sites is 2. The van der Waals surface area contributed by atoms with Gasteiger partial charge >= 0.3 is 0 Å². The van der Waals surface area contributed by atoms with E-state index in [-0.39, 0.29) is 23.2 Å². The Labute approximate surface area is 166 Å². The number of nitrogens with zero attached hydrogens (tertiary/aromatic N) is 1. The number of pyridine rings is 1. The van der Waals surface area contributed by atoms with Crippen molar-refractivity contribution in [2.75, 3.05) is 12.4 Å². The van der Waals surface area contributed by atoms with Gasteiger partial charge in [0, 0.05) is 6.20 Å². The molecule has 0 aliphatic rings. The van der Waals surface area contributed by atoms with Crippen LogP contribution in [-0.4, -0.2) is 18.0 Å². The molecule has 0 aliphatic heterocycles. The maximum atomic E-state index is 12.4. The molecule has 0 atom stereocenters. The lowest BCUT2D eigenvalue weighted by atomic mass is 10.1. The number of anilines is 1. The third kappa shape index (κ3) is 5.12. The molecule has 2 aromatic carbocycles. The maximum absolute atomic E-state index is 12.4. The van der Waals surface area contributed by atoms with Gasteiger partial charge in [-0.15, -0.1) is 0 Å². The van der Waals surface area contributed by atoms with Crippen LogP contribution in [-0.2, 0) is 11.2 Å². The largest absolute Gasteiger partial charge is 0.497 e. The number of halogens is 2. The van der Waals surface area contributed by atoms with Crippen molar-refractivity contribution >= 4 is 34.8 Å². The fraction of sp³-hybridized carbons (Fsp3) is 0.100. The number of hydrogen-bond acceptors (Lipinski definition) is 4. The summed E-state index contributed by atoms with van der Waals surface area (Å²) in [6.07, 6.45) is 1.66. The van der Waals surface area contributed by atoms with Gasteiger partial charge in [0.05, 0.1) is 24.2 Å². The standard InChI is InChI=1S/C20H16Cl2N2O3/c1-26-15-8-6-13(7-9-15)10-19(25)24-17-4-2-3-5-18(17)27-20-16(22)11-14(21)12-23-20/h2-9,11-12H,10H2,1H3,(H,24,25). The first-order valence-corrected chi connectivity index (χ1v) is 8.81. The van der Waals surface area contributed by atoms with E-state index in [9.17, 15) is 4.79 Å². The number of rotatable bonds is 6. The summed E-state index contributed by atoms with van der Waals surface area (Å²) in [6.45, 7) is 0. The van der Waals surface area contributed by atoms with E-state index in [1.165, 1.54) is 12.3 Å². The molecule has 5 nitrogen and oxygen atoms in total. The van der Waals surface area contributed by atoms with Crippen molar-refractivity contribution in [2.24, 2.45) is 0 Å². The minimum atomic E-state index is -0.175. The average molecular weight is 403 g/mol. The van der Waals surface area contributed by atoms with Gasteiger partial charge in [0.1, 0.15) is 10.8 Å². The first kappa shape index (κ1) is 19.0. The molecule has 1 heterocycles. The molecule has 0 saturated carbocycles. The van der Waals surface area contributed by atoms with Crippen LogP contribution in [0.4, 0.5) is 5.69 Å². The number of nitrogens with one attached hydrogen (secondary N) is 1. The summed E-state index contributed by atoms with van der Waals surface area (Å²) in [7, 11) is 1.60. The number of hydrogen-bond donors (Lipinski definition) is 1. The summed E-state index contributed by atoms with van der Waals surface area (Å²) in [5, 5.41) is 3.54. The number of aromatic nitrogens is 1. The fourth-order valence-corrected chi connectivity index (χ4v) is 2.78. The monoisotopic (exact) mass is 402 g/mol. The Morgan fingerprint density at radius 3 is 2.56 bits per heavy atom. The Balaban J connectivity index is 1.72. The van der Waals surface area contributed by atoms with Gasteiger partial charge in [-0.05, 0) is 35.9 Å². The molecule has 1 aromatic heterocycles. The molecule has 0 aliphatic carbocycles. The van der Waals surface area contributed by atoms with E-state index < -0.39 is 0 Å². The van der Waals surface area contributed by atoms with Gasteiger partial charge in [-0.2, -0.15) is 0 Å². The van der Waals surface area contributed by atoms with E-state index in [2.05, 4.69) is 10.3 Å². The Morgan fingerprint density at radius 2 is 1.85 bits per heavy atom. The highest BCUT2D eigenvalue weighted by Crippen LogP contribution is 2.33. The number of ether oxygens (including phenoxy) is 2. The van der Waals surface area contributed by atoms with E-state index in [4.69, 9.17) is 32.7 Å². The molecule has 7 heteroatoms. The van der Waals surface area contributed by atoms with Gasteiger partial charge in [-0.1, -0.05) is 47.5 Å². The zero-order chi connectivity index (χ0) is 19.2. The third-order valence-electron chi connectivity index (χ3n) is 3.67. The Hall–Kier alpha value is -2.76. The van der Waals surface area contributed by atoms with Crippen LogP contribution in [0.15, 0.2) is 60.8 Å². The van der Waals surface area contributed by atoms with E-state index >= 15 is 0 Å². The summed E-state index contributed by atoms with van der Waals surface area (Å²) >= 11 is 11.9. The van der Waals surface area contributed by atoms with Crippen LogP contribution in [0, 0.1) is 0 Å². The van der Waals surface area contributed by atoms with Crippen molar-refractivity contribution in [2.45, 2.75) is 6.42 Å². The predicted octanol–water partition coefficient (Wildman–Crippen LogP) is 5.37. The molecule has 0 bridgehead atoms. The fourth-order valence-electron chi connectivity index (χ4n) is 2.36. The molecule has 1 amide bonds. The Kier molecular flexibility index (Phi) is 6.16. The normalized spacial score (nSPS) is 10.3. The molecule has 3 rings (SSSR count). The second kappa shape index (κ2) is 8.75. The highest BCUT2D eigenvalue weighted by atomic mass is 35.5. The maximum Gasteiger partial charge on any atom is 0.238 e. The second-order valence-electron chi connectivity index (χ2n) is 5.61. The molecular formula is C20H16Cl2N2O3. The van der Waals surface area contributed by atoms with Crippen molar-refractivity contribution in [3.8, 4) is 17.4 Å². The van der Waals surface area contributed by atoms with Crippen molar-refractivity contribution in [3.63, 3.8) is 0 Å². The molecular weight excluding hydrogens is 387 g/mol. The lowest BCUT2D eigenvalue weighted by Crippen LogP contribution is -2.15. The molecule has 0 fully saturated rings. The van der Waals surface area contributed by atoms with Crippen LogP contribution < -0.4 is 14.8 Å². The molecule has 27 heavy (non-hydrogen) atoms. The zero-order valence-corrected chi connectivity index (χ0v) is 15.9. The van der Waals surface area contributed by atoms with Crippen LogP contribution in [0.2, 0.25) is 10.0 Å². The van der Waals surface area contributed by atoms with E-state index in [0.29, 0.717) is 16.5 Å². The van der Waals surface area contributed by atoms with Gasteiger partial charge in [-0.25, -0.2) is 4.98 Å². The number of carbonyl (C=O) groups excluding carboxylic acids is 1. The van der Waals surface area contributed by atoms with Crippen molar-refractivity contribution in [1.82, 2.24) is 4.98 Å². The third-order valence-corrected chi connectivity index (χ3v) is 4.14. The van der Waals surface area contributed by atoms with Crippen molar-refractivity contribution in [1.29, 1.82) is 0 Å². The lowest BCUT2D eigenvalue weighted by molar-refractivity contribution is -0.115. The Bertz CT molecular complexity index is 946. The average Bonchev–Trinajstić information content (AvgIpc) is 2.66. The van der Waals surface area contributed by atoms with Gasteiger partial charge in [0.2, 0.25) is 11.8 Å². The topological polar surface area (TPSA) is 60.5 Å². The molecule has 0 unspecified atom stereocenters. The van der Waals surface area contributed by atoms with Crippen molar-refractivity contribution < 1.29 is 14.3 Å². The van der Waals surface area contributed by atoms with Gasteiger partial charge in [0.25, 0.3) is 0 Å². The molecule has 3 aromatic rings. The predicted molar refractivity (Wildman–Crippen MR) is 106 cm³/mol. The first-order chi connectivity index (χ1) is 13.0. The number of carbonyl (C=O) groups is 1. The SMILES string of the molecule is COc1ccc(CC(=O)Nc2ccccc2Oc2ncc(Cl)cc2Cl)cc1. The van der Waals surface area contributed by atoms with Crippen LogP contribution in [0.1, 0.15) is 5.56 Å². The van der Waals surface area contributed by atoms with Crippen LogP contribution in [0.5, 0.6) is 17.4 Å². The highest BCUT2D eigenvalue weighted by Gasteiger charge is 2.12. The number of benzene rings is 2. The summed E-state index contributed by atoms with van der Waals surface area (Å²) < 4.78 is 10.9. The molecule has 0 radical (unpaired) electrons. The van der Waals surface area contributed by atoms with Gasteiger partial charge < -0.3 is 14.8 Å². The minimum Gasteiger partial charge on any atom is -0.497 e. The lowest BCUT2D eigenvalue weighted by Gasteiger charge is -2.12. The molecule has 1 N–H and O–H groups in total. The number of amides is 1. The van der Waals surface area contributed by atoms with E-state index in [1.54, 1.807) is 31.4 Å². The quantitative estimate of drug-likeness (QED) is 0.601. The van der Waals surface area contributed by atoms with Gasteiger partial charge in [0.15, 0.2) is 5.75 Å². The summed E-state index contributed by atoms with van der Waals surface area (Å²) in [6, 6.07) is 15.9. The number of methoxy groups -OCH3 is 1. The van der Waals surface area contributed by atoms with E-state index in [1.807, 2.05) is 24.3 Å². The van der Waals surface area contributed by atoms with Gasteiger partial charge in [-0.3, -0.25) is 4.79 Å². The molecule has 0 saturated heterocycles. The van der Waals surface area contributed by atoms with Crippen LogP contribution in [0.25, 0.3) is 0 Å².